The van der Waals surface area contributed by atoms with E-state index in [1.807, 2.05) is 12.1 Å². The molecule has 0 spiro atoms. The minimum absolute atomic E-state index is 0.148. The number of fused-ring (bicyclic) bond motifs is 1. The SMILES string of the molecule is CN(CCO)C(=O)N1CCc2ccccc2C1C(=O)O. The van der Waals surface area contributed by atoms with Crippen LogP contribution in [0.1, 0.15) is 17.2 Å². The fourth-order valence-corrected chi connectivity index (χ4v) is 2.50. The average Bonchev–Trinajstić information content (AvgIpc) is 2.45. The molecular formula is C14H18N2O4. The Kier molecular flexibility index (Phi) is 4.24. The van der Waals surface area contributed by atoms with Gasteiger partial charge in [-0.25, -0.2) is 9.59 Å². The van der Waals surface area contributed by atoms with Gasteiger partial charge in [-0.2, -0.15) is 0 Å². The Balaban J connectivity index is 2.31. The largest absolute Gasteiger partial charge is 0.479 e. The second-order valence-electron chi connectivity index (χ2n) is 4.81. The molecule has 6 nitrogen and oxygen atoms in total. The second kappa shape index (κ2) is 5.92. The maximum Gasteiger partial charge on any atom is 0.331 e. The molecule has 1 atom stereocenters. The highest BCUT2D eigenvalue weighted by molar-refractivity contribution is 5.84. The summed E-state index contributed by atoms with van der Waals surface area (Å²) in [4.78, 5) is 26.5. The number of rotatable bonds is 3. The number of hydrogen-bond donors (Lipinski definition) is 2. The highest BCUT2D eigenvalue weighted by Gasteiger charge is 2.36. The van der Waals surface area contributed by atoms with Crippen LogP contribution in [0.3, 0.4) is 0 Å². The number of carbonyl (C=O) groups excluding carboxylic acids is 1. The van der Waals surface area contributed by atoms with Gasteiger partial charge < -0.3 is 20.0 Å². The van der Waals surface area contributed by atoms with Crippen molar-refractivity contribution in [2.24, 2.45) is 0 Å². The van der Waals surface area contributed by atoms with Crippen LogP contribution >= 0.6 is 0 Å². The van der Waals surface area contributed by atoms with Gasteiger partial charge in [0, 0.05) is 20.1 Å². The van der Waals surface area contributed by atoms with Crippen molar-refractivity contribution in [3.05, 3.63) is 35.4 Å². The quantitative estimate of drug-likeness (QED) is 0.853. The summed E-state index contributed by atoms with van der Waals surface area (Å²) < 4.78 is 0. The van der Waals surface area contributed by atoms with Crippen LogP contribution < -0.4 is 0 Å². The normalized spacial score (nSPS) is 17.5. The first kappa shape index (κ1) is 14.3. The summed E-state index contributed by atoms with van der Waals surface area (Å²) in [6.45, 7) is 0.399. The highest BCUT2D eigenvalue weighted by atomic mass is 16.4. The fraction of sp³-hybridized carbons (Fsp3) is 0.429. The third kappa shape index (κ3) is 2.60. The van der Waals surface area contributed by atoms with Gasteiger partial charge in [-0.1, -0.05) is 24.3 Å². The number of aliphatic carboxylic acids is 1. The molecule has 1 aliphatic heterocycles. The first-order valence-electron chi connectivity index (χ1n) is 6.49. The number of urea groups is 1. The molecular weight excluding hydrogens is 260 g/mol. The molecule has 1 aromatic carbocycles. The maximum absolute atomic E-state index is 12.3. The van der Waals surface area contributed by atoms with Crippen LogP contribution in [-0.4, -0.2) is 58.8 Å². The fourth-order valence-electron chi connectivity index (χ4n) is 2.50. The number of benzene rings is 1. The molecule has 0 fully saturated rings. The van der Waals surface area contributed by atoms with Crippen LogP contribution in [0, 0.1) is 0 Å². The van der Waals surface area contributed by atoms with E-state index < -0.39 is 12.0 Å². The van der Waals surface area contributed by atoms with Gasteiger partial charge in [0.25, 0.3) is 0 Å². The van der Waals surface area contributed by atoms with Crippen molar-refractivity contribution >= 4 is 12.0 Å². The second-order valence-corrected chi connectivity index (χ2v) is 4.81. The molecule has 108 valence electrons. The van der Waals surface area contributed by atoms with E-state index in [2.05, 4.69) is 0 Å². The van der Waals surface area contributed by atoms with E-state index in [1.165, 1.54) is 9.80 Å². The predicted octanol–water partition coefficient (Wildman–Crippen LogP) is 0.714. The van der Waals surface area contributed by atoms with Gasteiger partial charge in [-0.15, -0.1) is 0 Å². The third-order valence-electron chi connectivity index (χ3n) is 3.52. The Morgan fingerprint density at radius 2 is 2.10 bits per heavy atom. The summed E-state index contributed by atoms with van der Waals surface area (Å²) >= 11 is 0. The van der Waals surface area contributed by atoms with E-state index in [0.717, 1.165) is 5.56 Å². The average molecular weight is 278 g/mol. The molecule has 1 aromatic rings. The molecule has 2 amide bonds. The maximum atomic E-state index is 12.3. The molecule has 0 aliphatic carbocycles. The van der Waals surface area contributed by atoms with Crippen molar-refractivity contribution < 1.29 is 19.8 Å². The van der Waals surface area contributed by atoms with Gasteiger partial charge in [0.2, 0.25) is 0 Å². The lowest BCUT2D eigenvalue weighted by molar-refractivity contribution is -0.143. The monoisotopic (exact) mass is 278 g/mol. The Morgan fingerprint density at radius 1 is 1.40 bits per heavy atom. The van der Waals surface area contributed by atoms with Crippen LogP contribution in [0.5, 0.6) is 0 Å². The number of carboxylic acids is 1. The van der Waals surface area contributed by atoms with Crippen molar-refractivity contribution in [1.82, 2.24) is 9.80 Å². The number of hydrogen-bond acceptors (Lipinski definition) is 3. The number of aliphatic hydroxyl groups is 1. The molecule has 1 unspecified atom stereocenters. The van der Waals surface area contributed by atoms with E-state index in [-0.39, 0.29) is 19.2 Å². The Labute approximate surface area is 117 Å². The van der Waals surface area contributed by atoms with Gasteiger partial charge in [0.1, 0.15) is 0 Å². The Hall–Kier alpha value is -2.08. The molecule has 0 saturated carbocycles. The molecule has 0 radical (unpaired) electrons. The van der Waals surface area contributed by atoms with Crippen LogP contribution in [-0.2, 0) is 11.2 Å². The molecule has 0 saturated heterocycles. The minimum Gasteiger partial charge on any atom is -0.479 e. The molecule has 6 heteroatoms. The topological polar surface area (TPSA) is 81.1 Å². The first-order valence-corrected chi connectivity index (χ1v) is 6.49. The van der Waals surface area contributed by atoms with Crippen molar-refractivity contribution in [3.8, 4) is 0 Å². The summed E-state index contributed by atoms with van der Waals surface area (Å²) in [5, 5.41) is 18.3. The summed E-state index contributed by atoms with van der Waals surface area (Å²) in [5.74, 6) is -1.04. The summed E-state index contributed by atoms with van der Waals surface area (Å²) in [6, 6.07) is 5.95. The van der Waals surface area contributed by atoms with Crippen LogP contribution in [0.2, 0.25) is 0 Å². The van der Waals surface area contributed by atoms with E-state index in [0.29, 0.717) is 18.5 Å². The van der Waals surface area contributed by atoms with Gasteiger partial charge >= 0.3 is 12.0 Å². The van der Waals surface area contributed by atoms with E-state index in [1.54, 1.807) is 19.2 Å². The molecule has 2 rings (SSSR count). The predicted molar refractivity (Wildman–Crippen MR) is 72.3 cm³/mol. The Morgan fingerprint density at radius 3 is 2.75 bits per heavy atom. The molecule has 20 heavy (non-hydrogen) atoms. The van der Waals surface area contributed by atoms with E-state index in [4.69, 9.17) is 5.11 Å². The van der Waals surface area contributed by atoms with Gasteiger partial charge in [0.05, 0.1) is 6.61 Å². The molecule has 0 bridgehead atoms. The van der Waals surface area contributed by atoms with Gasteiger partial charge in [-0.05, 0) is 17.5 Å². The van der Waals surface area contributed by atoms with Crippen molar-refractivity contribution in [2.45, 2.75) is 12.5 Å². The third-order valence-corrected chi connectivity index (χ3v) is 3.52. The van der Waals surface area contributed by atoms with Crippen molar-refractivity contribution in [2.75, 3.05) is 26.7 Å². The summed E-state index contributed by atoms with van der Waals surface area (Å²) in [6.07, 6.45) is 0.638. The van der Waals surface area contributed by atoms with Crippen LogP contribution in [0.25, 0.3) is 0 Å². The zero-order valence-corrected chi connectivity index (χ0v) is 11.3. The molecule has 1 heterocycles. The molecule has 1 aliphatic rings. The lowest BCUT2D eigenvalue weighted by Gasteiger charge is -2.36. The molecule has 0 aromatic heterocycles. The summed E-state index contributed by atoms with van der Waals surface area (Å²) in [5.41, 5.74) is 1.63. The van der Waals surface area contributed by atoms with Crippen LogP contribution in [0.15, 0.2) is 24.3 Å². The summed E-state index contributed by atoms with van der Waals surface area (Å²) in [7, 11) is 1.55. The van der Waals surface area contributed by atoms with Gasteiger partial charge in [-0.3, -0.25) is 0 Å². The minimum atomic E-state index is -1.04. The van der Waals surface area contributed by atoms with E-state index >= 15 is 0 Å². The lowest BCUT2D eigenvalue weighted by Crippen LogP contribution is -2.49. The first-order chi connectivity index (χ1) is 9.56. The number of likely N-dealkylation sites (N-methyl/N-ethyl adjacent to an activating group) is 1. The zero-order valence-electron chi connectivity index (χ0n) is 11.3. The smallest absolute Gasteiger partial charge is 0.331 e. The molecule has 2 N–H and O–H groups in total. The number of amides is 2. The number of aliphatic hydroxyl groups excluding tert-OH is 1. The van der Waals surface area contributed by atoms with Crippen molar-refractivity contribution in [3.63, 3.8) is 0 Å². The Bertz CT molecular complexity index is 518. The number of carboxylic acid groups (broad SMARTS) is 1. The highest BCUT2D eigenvalue weighted by Crippen LogP contribution is 2.30. The lowest BCUT2D eigenvalue weighted by atomic mass is 9.93. The van der Waals surface area contributed by atoms with Gasteiger partial charge in [0.15, 0.2) is 6.04 Å². The zero-order chi connectivity index (χ0) is 14.7. The van der Waals surface area contributed by atoms with Crippen molar-refractivity contribution in [1.29, 1.82) is 0 Å². The number of carbonyl (C=O) groups is 2. The number of nitrogens with zero attached hydrogens (tertiary/aromatic N) is 2. The van der Waals surface area contributed by atoms with E-state index in [9.17, 15) is 14.7 Å². The van der Waals surface area contributed by atoms with Crippen LogP contribution in [0.4, 0.5) is 4.79 Å². The standard InChI is InChI=1S/C14H18N2O4/c1-15(8-9-17)14(20)16-7-6-10-4-2-3-5-11(10)12(16)13(18)19/h2-5,12,17H,6-9H2,1H3,(H,18,19).